The van der Waals surface area contributed by atoms with E-state index in [1.54, 1.807) is 7.05 Å². The Morgan fingerprint density at radius 1 is 1.15 bits per heavy atom. The third kappa shape index (κ3) is 7.08. The summed E-state index contributed by atoms with van der Waals surface area (Å²) in [5.41, 5.74) is 12.2. The highest BCUT2D eigenvalue weighted by molar-refractivity contribution is 5.95. The molecule has 1 heterocycles. The first kappa shape index (κ1) is 26.4. The number of hydrogen-bond acceptors (Lipinski definition) is 7. The fourth-order valence-electron chi connectivity index (χ4n) is 4.17. The Balaban J connectivity index is 2.08. The van der Waals surface area contributed by atoms with E-state index in [-0.39, 0.29) is 37.4 Å². The number of carbonyl (C=O) groups excluding carboxylic acids is 4. The van der Waals surface area contributed by atoms with Gasteiger partial charge in [0.15, 0.2) is 0 Å². The van der Waals surface area contributed by atoms with Gasteiger partial charge in [0.25, 0.3) is 0 Å². The molecule has 7 N–H and O–H groups in total. The summed E-state index contributed by atoms with van der Waals surface area (Å²) >= 11 is 0. The average Bonchev–Trinajstić information content (AvgIpc) is 3.08. The summed E-state index contributed by atoms with van der Waals surface area (Å²) in [7, 11) is 1.70. The van der Waals surface area contributed by atoms with Crippen molar-refractivity contribution in [2.24, 2.45) is 11.5 Å². The zero-order chi connectivity index (χ0) is 24.4. The molecule has 1 aromatic carbocycles. The number of aldehydes is 1. The lowest BCUT2D eigenvalue weighted by atomic mass is 10.0. The molecule has 182 valence electrons. The second-order valence-electron chi connectivity index (χ2n) is 8.34. The van der Waals surface area contributed by atoms with Crippen molar-refractivity contribution in [2.45, 2.75) is 62.8 Å². The van der Waals surface area contributed by atoms with Gasteiger partial charge >= 0.3 is 0 Å². The summed E-state index contributed by atoms with van der Waals surface area (Å²) in [6.45, 7) is 2.26. The molecule has 0 aromatic heterocycles. The molecule has 0 bridgehead atoms. The Hall–Kier alpha value is -2.82. The lowest BCUT2D eigenvalue weighted by molar-refractivity contribution is -0.141. The van der Waals surface area contributed by atoms with Crippen LogP contribution >= 0.6 is 0 Å². The summed E-state index contributed by atoms with van der Waals surface area (Å²) < 4.78 is 0. The number of benzene rings is 1. The van der Waals surface area contributed by atoms with Crippen molar-refractivity contribution < 1.29 is 19.2 Å². The van der Waals surface area contributed by atoms with Crippen molar-refractivity contribution in [2.75, 3.05) is 20.1 Å². The molecule has 10 nitrogen and oxygen atoms in total. The molecule has 1 aliphatic heterocycles. The van der Waals surface area contributed by atoms with E-state index >= 15 is 0 Å². The van der Waals surface area contributed by atoms with Gasteiger partial charge in [-0.25, -0.2) is 0 Å². The van der Waals surface area contributed by atoms with E-state index in [2.05, 4.69) is 16.0 Å². The highest BCUT2D eigenvalue weighted by atomic mass is 16.2. The van der Waals surface area contributed by atoms with Crippen LogP contribution in [0.3, 0.4) is 0 Å². The van der Waals surface area contributed by atoms with E-state index in [1.165, 1.54) is 4.90 Å². The number of likely N-dealkylation sites (tertiary alicyclic amines) is 1. The highest BCUT2D eigenvalue weighted by Crippen LogP contribution is 2.24. The quantitative estimate of drug-likeness (QED) is 0.228. The Labute approximate surface area is 194 Å². The van der Waals surface area contributed by atoms with Crippen molar-refractivity contribution in [3.8, 4) is 0 Å². The molecule has 1 aliphatic rings. The summed E-state index contributed by atoms with van der Waals surface area (Å²) in [5.74, 6) is -1.06. The van der Waals surface area contributed by atoms with Crippen molar-refractivity contribution in [1.29, 1.82) is 0 Å². The van der Waals surface area contributed by atoms with Gasteiger partial charge in [0.05, 0.1) is 12.1 Å². The molecule has 2 rings (SSSR count). The van der Waals surface area contributed by atoms with Gasteiger partial charge < -0.3 is 37.1 Å². The standard InChI is InChI=1S/C23H36N6O4/c1-15-12-19(28-21(31)18(26-2)13-16-6-4-3-5-7-16)23(33)29(15)20(9-11-25)22(32)27-17(14-30)8-10-24/h3-7,14-15,17-20,26H,8-13,24-25H2,1-2H3,(H,27,32)(H,28,31)/t15?,17?,18-,19?,20?/m1/s1. The largest absolute Gasteiger partial charge is 0.345 e. The minimum atomic E-state index is -0.830. The van der Waals surface area contributed by atoms with Crippen LogP contribution in [0.4, 0.5) is 0 Å². The first-order valence-electron chi connectivity index (χ1n) is 11.4. The van der Waals surface area contributed by atoms with Gasteiger partial charge in [-0.1, -0.05) is 30.3 Å². The van der Waals surface area contributed by atoms with E-state index in [1.807, 2.05) is 37.3 Å². The normalized spacial score (nSPS) is 20.7. The second kappa shape index (κ2) is 13.0. The first-order valence-corrected chi connectivity index (χ1v) is 11.4. The lowest BCUT2D eigenvalue weighted by Crippen LogP contribution is -2.55. The molecule has 3 amide bonds. The van der Waals surface area contributed by atoms with Crippen molar-refractivity contribution in [3.63, 3.8) is 0 Å². The van der Waals surface area contributed by atoms with Gasteiger partial charge in [-0.2, -0.15) is 0 Å². The monoisotopic (exact) mass is 460 g/mol. The van der Waals surface area contributed by atoms with Crippen LogP contribution in [0.15, 0.2) is 30.3 Å². The molecule has 0 radical (unpaired) electrons. The molecule has 1 saturated heterocycles. The minimum Gasteiger partial charge on any atom is -0.345 e. The smallest absolute Gasteiger partial charge is 0.246 e. The predicted octanol–water partition coefficient (Wildman–Crippen LogP) is -1.33. The van der Waals surface area contributed by atoms with Crippen LogP contribution in [0.1, 0.15) is 31.7 Å². The molecule has 1 aromatic rings. The summed E-state index contributed by atoms with van der Waals surface area (Å²) in [5, 5.41) is 8.49. The number of hydrogen-bond donors (Lipinski definition) is 5. The fourth-order valence-corrected chi connectivity index (χ4v) is 4.17. The molecule has 1 fully saturated rings. The van der Waals surface area contributed by atoms with Gasteiger partial charge in [-0.3, -0.25) is 14.4 Å². The third-order valence-corrected chi connectivity index (χ3v) is 5.92. The molecule has 4 unspecified atom stereocenters. The van der Waals surface area contributed by atoms with Crippen LogP contribution in [0, 0.1) is 0 Å². The van der Waals surface area contributed by atoms with E-state index < -0.39 is 30.1 Å². The van der Waals surface area contributed by atoms with Crippen molar-refractivity contribution >= 4 is 24.0 Å². The maximum atomic E-state index is 13.2. The molecular formula is C23H36N6O4. The maximum Gasteiger partial charge on any atom is 0.246 e. The lowest BCUT2D eigenvalue weighted by Gasteiger charge is -2.31. The zero-order valence-electron chi connectivity index (χ0n) is 19.3. The van der Waals surface area contributed by atoms with Gasteiger partial charge in [0.1, 0.15) is 18.4 Å². The average molecular weight is 461 g/mol. The summed E-state index contributed by atoms with van der Waals surface area (Å²) in [6.07, 6.45) is 2.03. The summed E-state index contributed by atoms with van der Waals surface area (Å²) in [4.78, 5) is 51.7. The summed E-state index contributed by atoms with van der Waals surface area (Å²) in [6, 6.07) is 6.53. The SMILES string of the molecule is CN[C@H](Cc1ccccc1)C(=O)NC1CC(C)N(C(CCN)C(=O)NC(C=O)CCN)C1=O. The van der Waals surface area contributed by atoms with Gasteiger partial charge in [-0.15, -0.1) is 0 Å². The molecule has 33 heavy (non-hydrogen) atoms. The van der Waals surface area contributed by atoms with E-state index in [9.17, 15) is 19.2 Å². The van der Waals surface area contributed by atoms with Crippen molar-refractivity contribution in [1.82, 2.24) is 20.9 Å². The Morgan fingerprint density at radius 3 is 2.39 bits per heavy atom. The molecule has 0 spiro atoms. The maximum absolute atomic E-state index is 13.2. The van der Waals surface area contributed by atoms with Crippen LogP contribution in [0.5, 0.6) is 0 Å². The van der Waals surface area contributed by atoms with Crippen LogP contribution in [0.2, 0.25) is 0 Å². The Kier molecular flexibility index (Phi) is 10.4. The fraction of sp³-hybridized carbons (Fsp3) is 0.565. The van der Waals surface area contributed by atoms with Gasteiger partial charge in [0, 0.05) is 6.04 Å². The number of nitrogens with one attached hydrogen (secondary N) is 3. The number of nitrogens with zero attached hydrogens (tertiary/aromatic N) is 1. The highest BCUT2D eigenvalue weighted by Gasteiger charge is 2.44. The van der Waals surface area contributed by atoms with E-state index in [4.69, 9.17) is 11.5 Å². The predicted molar refractivity (Wildman–Crippen MR) is 125 cm³/mol. The molecule has 5 atom stereocenters. The van der Waals surface area contributed by atoms with Gasteiger partial charge in [-0.05, 0) is 58.3 Å². The third-order valence-electron chi connectivity index (χ3n) is 5.92. The molecule has 0 aliphatic carbocycles. The number of rotatable bonds is 13. The molecular weight excluding hydrogens is 424 g/mol. The Bertz CT molecular complexity index is 805. The molecule has 0 saturated carbocycles. The second-order valence-corrected chi connectivity index (χ2v) is 8.34. The van der Waals surface area contributed by atoms with E-state index in [0.29, 0.717) is 25.5 Å². The minimum absolute atomic E-state index is 0.188. The number of amides is 3. The first-order chi connectivity index (χ1) is 15.9. The van der Waals surface area contributed by atoms with Crippen molar-refractivity contribution in [3.05, 3.63) is 35.9 Å². The van der Waals surface area contributed by atoms with Crippen LogP contribution in [0.25, 0.3) is 0 Å². The van der Waals surface area contributed by atoms with Crippen LogP contribution in [-0.2, 0) is 25.6 Å². The Morgan fingerprint density at radius 2 is 1.82 bits per heavy atom. The topological polar surface area (TPSA) is 160 Å². The van der Waals surface area contributed by atoms with Crippen LogP contribution in [-0.4, -0.2) is 79.3 Å². The van der Waals surface area contributed by atoms with Gasteiger partial charge in [0.2, 0.25) is 17.7 Å². The molecule has 10 heteroatoms. The van der Waals surface area contributed by atoms with E-state index in [0.717, 1.165) is 5.56 Å². The zero-order valence-corrected chi connectivity index (χ0v) is 19.3. The number of carbonyl (C=O) groups is 4. The van der Waals surface area contributed by atoms with Crippen LogP contribution < -0.4 is 27.4 Å². The number of nitrogens with two attached hydrogens (primary N) is 2. The number of likely N-dealkylation sites (N-methyl/N-ethyl adjacent to an activating group) is 1.